The summed E-state index contributed by atoms with van der Waals surface area (Å²) in [5.74, 6) is -0.415. The van der Waals surface area contributed by atoms with Crippen molar-refractivity contribution in [3.05, 3.63) is 59.9 Å². The molecule has 1 aliphatic rings. The SMILES string of the molecule is O=C(c1cnccn1)N1CCOC(Cc2cccc(F)c2)C1. The van der Waals surface area contributed by atoms with Gasteiger partial charge >= 0.3 is 0 Å². The molecule has 0 N–H and O–H groups in total. The highest BCUT2D eigenvalue weighted by Gasteiger charge is 2.26. The number of benzene rings is 1. The van der Waals surface area contributed by atoms with Gasteiger partial charge in [-0.15, -0.1) is 0 Å². The third kappa shape index (κ3) is 3.46. The van der Waals surface area contributed by atoms with Crippen LogP contribution in [0.3, 0.4) is 0 Å². The molecular formula is C16H16FN3O2. The summed E-state index contributed by atoms with van der Waals surface area (Å²) in [7, 11) is 0. The summed E-state index contributed by atoms with van der Waals surface area (Å²) in [5.41, 5.74) is 1.19. The third-order valence-electron chi connectivity index (χ3n) is 3.56. The topological polar surface area (TPSA) is 55.3 Å². The summed E-state index contributed by atoms with van der Waals surface area (Å²) in [4.78, 5) is 22.0. The van der Waals surface area contributed by atoms with Crippen LogP contribution in [0.1, 0.15) is 16.1 Å². The van der Waals surface area contributed by atoms with Gasteiger partial charge in [-0.1, -0.05) is 12.1 Å². The lowest BCUT2D eigenvalue weighted by Gasteiger charge is -2.32. The number of hydrogen-bond donors (Lipinski definition) is 0. The molecule has 0 radical (unpaired) electrons. The molecule has 0 spiro atoms. The van der Waals surface area contributed by atoms with Crippen LogP contribution in [0, 0.1) is 5.82 Å². The van der Waals surface area contributed by atoms with Crippen LogP contribution < -0.4 is 0 Å². The fourth-order valence-electron chi connectivity index (χ4n) is 2.53. The van der Waals surface area contributed by atoms with E-state index in [1.807, 2.05) is 6.07 Å². The molecule has 1 saturated heterocycles. The maximum atomic E-state index is 13.2. The Morgan fingerprint density at radius 2 is 2.32 bits per heavy atom. The maximum Gasteiger partial charge on any atom is 0.274 e. The molecule has 3 rings (SSSR count). The summed E-state index contributed by atoms with van der Waals surface area (Å²) in [5, 5.41) is 0. The molecule has 114 valence electrons. The smallest absolute Gasteiger partial charge is 0.274 e. The zero-order chi connectivity index (χ0) is 15.4. The lowest BCUT2D eigenvalue weighted by Crippen LogP contribution is -2.46. The van der Waals surface area contributed by atoms with Crippen molar-refractivity contribution in [1.29, 1.82) is 0 Å². The first kappa shape index (κ1) is 14.6. The third-order valence-corrected chi connectivity index (χ3v) is 3.56. The average Bonchev–Trinajstić information content (AvgIpc) is 2.55. The van der Waals surface area contributed by atoms with Crippen LogP contribution in [-0.4, -0.2) is 46.6 Å². The van der Waals surface area contributed by atoms with E-state index < -0.39 is 0 Å². The molecule has 1 aliphatic heterocycles. The first-order valence-electron chi connectivity index (χ1n) is 7.14. The van der Waals surface area contributed by atoms with E-state index in [9.17, 15) is 9.18 Å². The van der Waals surface area contributed by atoms with E-state index in [0.29, 0.717) is 31.8 Å². The Bertz CT molecular complexity index is 651. The minimum Gasteiger partial charge on any atom is -0.374 e. The van der Waals surface area contributed by atoms with Gasteiger partial charge < -0.3 is 9.64 Å². The molecule has 1 amide bonds. The molecule has 1 fully saturated rings. The van der Waals surface area contributed by atoms with E-state index in [1.165, 1.54) is 30.7 Å². The van der Waals surface area contributed by atoms with Crippen LogP contribution >= 0.6 is 0 Å². The second kappa shape index (κ2) is 6.62. The van der Waals surface area contributed by atoms with Gasteiger partial charge in [0.15, 0.2) is 0 Å². The molecule has 1 atom stereocenters. The van der Waals surface area contributed by atoms with Crippen molar-refractivity contribution in [2.75, 3.05) is 19.7 Å². The van der Waals surface area contributed by atoms with Gasteiger partial charge in [0, 0.05) is 31.9 Å². The van der Waals surface area contributed by atoms with E-state index in [2.05, 4.69) is 9.97 Å². The van der Waals surface area contributed by atoms with E-state index >= 15 is 0 Å². The van der Waals surface area contributed by atoms with Crippen LogP contribution in [0.4, 0.5) is 4.39 Å². The molecule has 2 heterocycles. The van der Waals surface area contributed by atoms with Crippen LogP contribution in [-0.2, 0) is 11.2 Å². The molecular weight excluding hydrogens is 285 g/mol. The molecule has 5 nitrogen and oxygen atoms in total. The van der Waals surface area contributed by atoms with Crippen molar-refractivity contribution in [3.8, 4) is 0 Å². The van der Waals surface area contributed by atoms with E-state index in [0.717, 1.165) is 5.56 Å². The number of hydrogen-bond acceptors (Lipinski definition) is 4. The van der Waals surface area contributed by atoms with Gasteiger partial charge in [0.05, 0.1) is 18.9 Å². The second-order valence-corrected chi connectivity index (χ2v) is 5.17. The zero-order valence-corrected chi connectivity index (χ0v) is 12.0. The molecule has 6 heteroatoms. The molecule has 1 unspecified atom stereocenters. The highest BCUT2D eigenvalue weighted by Crippen LogP contribution is 2.14. The average molecular weight is 301 g/mol. The molecule has 0 aliphatic carbocycles. The quantitative estimate of drug-likeness (QED) is 0.866. The van der Waals surface area contributed by atoms with Gasteiger partial charge in [-0.05, 0) is 17.7 Å². The van der Waals surface area contributed by atoms with Gasteiger partial charge in [-0.25, -0.2) is 9.37 Å². The molecule has 1 aromatic heterocycles. The maximum absolute atomic E-state index is 13.2. The predicted octanol–water partition coefficient (Wildman–Crippen LogP) is 1.70. The first-order valence-corrected chi connectivity index (χ1v) is 7.14. The van der Waals surface area contributed by atoms with Gasteiger partial charge in [-0.3, -0.25) is 9.78 Å². The van der Waals surface area contributed by atoms with Crippen LogP contribution in [0.5, 0.6) is 0 Å². The number of carbonyl (C=O) groups excluding carboxylic acids is 1. The largest absolute Gasteiger partial charge is 0.374 e. The first-order chi connectivity index (χ1) is 10.7. The van der Waals surface area contributed by atoms with Crippen molar-refractivity contribution in [1.82, 2.24) is 14.9 Å². The van der Waals surface area contributed by atoms with Crippen molar-refractivity contribution in [2.45, 2.75) is 12.5 Å². The Hall–Kier alpha value is -2.34. The summed E-state index contributed by atoms with van der Waals surface area (Å²) in [6.45, 7) is 1.45. The zero-order valence-electron chi connectivity index (χ0n) is 12.0. The van der Waals surface area contributed by atoms with E-state index in [1.54, 1.807) is 11.0 Å². The van der Waals surface area contributed by atoms with Crippen LogP contribution in [0.2, 0.25) is 0 Å². The number of aromatic nitrogens is 2. The Morgan fingerprint density at radius 3 is 3.09 bits per heavy atom. The fourth-order valence-corrected chi connectivity index (χ4v) is 2.53. The van der Waals surface area contributed by atoms with E-state index in [-0.39, 0.29) is 17.8 Å². The molecule has 0 saturated carbocycles. The number of carbonyl (C=O) groups is 1. The normalized spacial score (nSPS) is 18.2. The van der Waals surface area contributed by atoms with Crippen LogP contribution in [0.25, 0.3) is 0 Å². The highest BCUT2D eigenvalue weighted by molar-refractivity contribution is 5.92. The van der Waals surface area contributed by atoms with Gasteiger partial charge in [-0.2, -0.15) is 0 Å². The van der Waals surface area contributed by atoms with Crippen molar-refractivity contribution < 1.29 is 13.9 Å². The Morgan fingerprint density at radius 1 is 1.41 bits per heavy atom. The Labute approximate surface area is 127 Å². The van der Waals surface area contributed by atoms with Crippen LogP contribution in [0.15, 0.2) is 42.9 Å². The molecule has 0 bridgehead atoms. The number of morpholine rings is 1. The van der Waals surface area contributed by atoms with Crippen molar-refractivity contribution in [2.24, 2.45) is 0 Å². The van der Waals surface area contributed by atoms with Gasteiger partial charge in [0.2, 0.25) is 0 Å². The minimum atomic E-state index is -0.263. The lowest BCUT2D eigenvalue weighted by molar-refractivity contribution is -0.0210. The van der Waals surface area contributed by atoms with Gasteiger partial charge in [0.1, 0.15) is 11.5 Å². The standard InChI is InChI=1S/C16H16FN3O2/c17-13-3-1-2-12(8-13)9-14-11-20(6-7-22-14)16(21)15-10-18-4-5-19-15/h1-5,8,10,14H,6-7,9,11H2. The molecule has 2 aromatic rings. The fraction of sp³-hybridized carbons (Fsp3) is 0.312. The Balaban J connectivity index is 1.65. The predicted molar refractivity (Wildman–Crippen MR) is 77.8 cm³/mol. The number of halogens is 1. The lowest BCUT2D eigenvalue weighted by atomic mass is 10.1. The number of nitrogens with zero attached hydrogens (tertiary/aromatic N) is 3. The Kier molecular flexibility index (Phi) is 4.39. The van der Waals surface area contributed by atoms with E-state index in [4.69, 9.17) is 4.74 Å². The second-order valence-electron chi connectivity index (χ2n) is 5.17. The summed E-state index contributed by atoms with van der Waals surface area (Å²) in [6, 6.07) is 6.44. The summed E-state index contributed by atoms with van der Waals surface area (Å²) < 4.78 is 18.9. The summed E-state index contributed by atoms with van der Waals surface area (Å²) in [6.07, 6.45) is 4.92. The highest BCUT2D eigenvalue weighted by atomic mass is 19.1. The minimum absolute atomic E-state index is 0.142. The number of amides is 1. The van der Waals surface area contributed by atoms with Crippen molar-refractivity contribution >= 4 is 5.91 Å². The number of rotatable bonds is 3. The van der Waals surface area contributed by atoms with Crippen molar-refractivity contribution in [3.63, 3.8) is 0 Å². The van der Waals surface area contributed by atoms with Gasteiger partial charge in [0.25, 0.3) is 5.91 Å². The number of ether oxygens (including phenoxy) is 1. The summed E-state index contributed by atoms with van der Waals surface area (Å²) >= 11 is 0. The molecule has 22 heavy (non-hydrogen) atoms. The monoisotopic (exact) mass is 301 g/mol. The molecule has 1 aromatic carbocycles.